The third-order valence-electron chi connectivity index (χ3n) is 3.65. The van der Waals surface area contributed by atoms with Crippen molar-refractivity contribution in [3.63, 3.8) is 0 Å². The molecular formula is C19H19F2NO6. The average molecular weight is 395 g/mol. The molecule has 9 heteroatoms. The number of hydrogen-bond acceptors (Lipinski definition) is 5. The van der Waals surface area contributed by atoms with Gasteiger partial charge in [0.25, 0.3) is 5.91 Å². The van der Waals surface area contributed by atoms with E-state index in [0.29, 0.717) is 11.1 Å². The Labute approximate surface area is 160 Å². The van der Waals surface area contributed by atoms with Crippen LogP contribution in [0.2, 0.25) is 0 Å². The molecule has 0 atom stereocenters. The maximum absolute atomic E-state index is 12.6. The number of rotatable bonds is 9. The van der Waals surface area contributed by atoms with Crippen molar-refractivity contribution in [3.8, 4) is 17.2 Å². The van der Waals surface area contributed by atoms with Gasteiger partial charge < -0.3 is 24.2 Å². The first kappa shape index (κ1) is 20.9. The fourth-order valence-electron chi connectivity index (χ4n) is 2.44. The third kappa shape index (κ3) is 5.83. The van der Waals surface area contributed by atoms with Crippen LogP contribution in [-0.4, -0.2) is 49.3 Å². The van der Waals surface area contributed by atoms with Gasteiger partial charge in [-0.3, -0.25) is 4.79 Å². The van der Waals surface area contributed by atoms with Gasteiger partial charge in [0.2, 0.25) is 0 Å². The molecule has 0 fully saturated rings. The van der Waals surface area contributed by atoms with Crippen LogP contribution >= 0.6 is 0 Å². The molecule has 0 aliphatic heterocycles. The van der Waals surface area contributed by atoms with Crippen LogP contribution in [0.1, 0.15) is 15.9 Å². The molecule has 2 rings (SSSR count). The summed E-state index contributed by atoms with van der Waals surface area (Å²) in [6, 6.07) is 10.6. The van der Waals surface area contributed by atoms with Crippen LogP contribution in [0.15, 0.2) is 42.5 Å². The van der Waals surface area contributed by atoms with E-state index in [0.717, 1.165) is 0 Å². The molecule has 0 spiro atoms. The van der Waals surface area contributed by atoms with Gasteiger partial charge in [-0.2, -0.15) is 8.78 Å². The van der Waals surface area contributed by atoms with E-state index in [1.54, 1.807) is 25.2 Å². The Morgan fingerprint density at radius 2 is 1.89 bits per heavy atom. The van der Waals surface area contributed by atoms with Crippen molar-refractivity contribution in [2.45, 2.75) is 13.2 Å². The number of carboxylic acids is 1. The largest absolute Gasteiger partial charge is 0.493 e. The number of methoxy groups -OCH3 is 1. The molecule has 0 saturated carbocycles. The van der Waals surface area contributed by atoms with E-state index < -0.39 is 19.2 Å². The lowest BCUT2D eigenvalue weighted by molar-refractivity contribution is -0.139. The Morgan fingerprint density at radius 3 is 2.54 bits per heavy atom. The summed E-state index contributed by atoms with van der Waals surface area (Å²) >= 11 is 0. The zero-order valence-corrected chi connectivity index (χ0v) is 15.2. The predicted octanol–water partition coefficient (Wildman–Crippen LogP) is 3.03. The smallest absolute Gasteiger partial charge is 0.387 e. The van der Waals surface area contributed by atoms with Crippen molar-refractivity contribution in [3.05, 3.63) is 53.6 Å². The van der Waals surface area contributed by atoms with E-state index in [2.05, 4.69) is 4.74 Å². The Morgan fingerprint density at radius 1 is 1.14 bits per heavy atom. The maximum Gasteiger partial charge on any atom is 0.387 e. The Bertz CT molecular complexity index is 843. The predicted molar refractivity (Wildman–Crippen MR) is 95.0 cm³/mol. The summed E-state index contributed by atoms with van der Waals surface area (Å²) in [6.45, 7) is -3.40. The number of carbonyl (C=O) groups excluding carboxylic acids is 1. The van der Waals surface area contributed by atoms with Crippen molar-refractivity contribution >= 4 is 11.9 Å². The standard InChI is InChI=1S/C19H19F2NO6/c1-22(10-12-6-7-15(26-2)16(8-12)28-19(20)21)18(25)13-4-3-5-14(9-13)27-11-17(23)24/h3-9,19H,10-11H2,1-2H3,(H,23,24). The molecule has 1 amide bonds. The second kappa shape index (κ2) is 9.54. The van der Waals surface area contributed by atoms with E-state index in [1.165, 1.54) is 36.3 Å². The van der Waals surface area contributed by atoms with Gasteiger partial charge in [0.15, 0.2) is 18.1 Å². The molecule has 2 aromatic carbocycles. The molecule has 0 aliphatic rings. The number of alkyl halides is 2. The van der Waals surface area contributed by atoms with Crippen LogP contribution in [0.4, 0.5) is 8.78 Å². The van der Waals surface area contributed by atoms with Crippen LogP contribution in [-0.2, 0) is 11.3 Å². The fourth-order valence-corrected chi connectivity index (χ4v) is 2.44. The minimum absolute atomic E-state index is 0.125. The topological polar surface area (TPSA) is 85.3 Å². The normalized spacial score (nSPS) is 10.5. The number of benzene rings is 2. The molecule has 0 bridgehead atoms. The summed E-state index contributed by atoms with van der Waals surface area (Å²) in [4.78, 5) is 24.6. The van der Waals surface area contributed by atoms with Crippen molar-refractivity contribution in [1.29, 1.82) is 0 Å². The van der Waals surface area contributed by atoms with Gasteiger partial charge in [-0.15, -0.1) is 0 Å². The summed E-state index contributed by atoms with van der Waals surface area (Å²) < 4.78 is 39.6. The van der Waals surface area contributed by atoms with Gasteiger partial charge in [-0.1, -0.05) is 12.1 Å². The van der Waals surface area contributed by atoms with Crippen molar-refractivity contribution in [2.24, 2.45) is 0 Å². The summed E-state index contributed by atoms with van der Waals surface area (Å²) in [5, 5.41) is 8.65. The monoisotopic (exact) mass is 395 g/mol. The lowest BCUT2D eigenvalue weighted by Gasteiger charge is -2.19. The number of carboxylic acid groups (broad SMARTS) is 1. The van der Waals surface area contributed by atoms with Crippen LogP contribution in [0.25, 0.3) is 0 Å². The molecule has 1 N–H and O–H groups in total. The number of amides is 1. The highest BCUT2D eigenvalue weighted by Gasteiger charge is 2.16. The first-order valence-corrected chi connectivity index (χ1v) is 8.12. The van der Waals surface area contributed by atoms with Crippen molar-refractivity contribution in [1.82, 2.24) is 4.90 Å². The highest BCUT2D eigenvalue weighted by atomic mass is 19.3. The second-order valence-electron chi connectivity index (χ2n) is 5.74. The van der Waals surface area contributed by atoms with E-state index in [9.17, 15) is 18.4 Å². The third-order valence-corrected chi connectivity index (χ3v) is 3.65. The van der Waals surface area contributed by atoms with Gasteiger partial charge in [-0.25, -0.2) is 4.79 Å². The summed E-state index contributed by atoms with van der Waals surface area (Å²) in [7, 11) is 2.88. The molecule has 0 unspecified atom stereocenters. The Hall–Kier alpha value is -3.36. The minimum atomic E-state index is -3.00. The van der Waals surface area contributed by atoms with Crippen LogP contribution in [0, 0.1) is 0 Å². The first-order valence-electron chi connectivity index (χ1n) is 8.12. The number of hydrogen-bond donors (Lipinski definition) is 1. The molecule has 0 heterocycles. The van der Waals surface area contributed by atoms with Crippen molar-refractivity contribution < 1.29 is 37.7 Å². The first-order chi connectivity index (χ1) is 13.3. The lowest BCUT2D eigenvalue weighted by Crippen LogP contribution is -2.26. The number of aliphatic carboxylic acids is 1. The molecular weight excluding hydrogens is 376 g/mol. The second-order valence-corrected chi connectivity index (χ2v) is 5.74. The van der Waals surface area contributed by atoms with Gasteiger partial charge in [-0.05, 0) is 35.9 Å². The SMILES string of the molecule is COc1ccc(CN(C)C(=O)c2cccc(OCC(=O)O)c2)cc1OC(F)F. The van der Waals surface area contributed by atoms with Gasteiger partial charge in [0.1, 0.15) is 5.75 Å². The average Bonchev–Trinajstić information content (AvgIpc) is 2.65. The summed E-state index contributed by atoms with van der Waals surface area (Å²) in [5.74, 6) is -1.21. The Kier molecular flexibility index (Phi) is 7.14. The number of ether oxygens (including phenoxy) is 3. The van der Waals surface area contributed by atoms with E-state index in [4.69, 9.17) is 14.6 Å². The molecule has 150 valence electrons. The molecule has 0 radical (unpaired) electrons. The number of halogens is 2. The quantitative estimate of drug-likeness (QED) is 0.703. The van der Waals surface area contributed by atoms with Gasteiger partial charge in [0, 0.05) is 19.2 Å². The molecule has 28 heavy (non-hydrogen) atoms. The summed E-state index contributed by atoms with van der Waals surface area (Å²) in [5.41, 5.74) is 0.855. The molecule has 0 saturated heterocycles. The van der Waals surface area contributed by atoms with Crippen LogP contribution in [0.3, 0.4) is 0 Å². The number of nitrogens with zero attached hydrogens (tertiary/aromatic N) is 1. The lowest BCUT2D eigenvalue weighted by atomic mass is 10.1. The minimum Gasteiger partial charge on any atom is -0.493 e. The van der Waals surface area contributed by atoms with Gasteiger partial charge in [0.05, 0.1) is 7.11 Å². The van der Waals surface area contributed by atoms with Crippen LogP contribution < -0.4 is 14.2 Å². The van der Waals surface area contributed by atoms with E-state index >= 15 is 0 Å². The highest BCUT2D eigenvalue weighted by Crippen LogP contribution is 2.30. The zero-order chi connectivity index (χ0) is 20.7. The summed E-state index contributed by atoms with van der Waals surface area (Å²) in [6.07, 6.45) is 0. The Balaban J connectivity index is 2.12. The number of carbonyl (C=O) groups is 2. The maximum atomic E-state index is 12.6. The molecule has 7 nitrogen and oxygen atoms in total. The molecule has 2 aromatic rings. The van der Waals surface area contributed by atoms with Gasteiger partial charge >= 0.3 is 12.6 Å². The van der Waals surface area contributed by atoms with Crippen LogP contribution in [0.5, 0.6) is 17.2 Å². The fraction of sp³-hybridized carbons (Fsp3) is 0.263. The molecule has 0 aromatic heterocycles. The van der Waals surface area contributed by atoms with Crippen molar-refractivity contribution in [2.75, 3.05) is 20.8 Å². The zero-order valence-electron chi connectivity index (χ0n) is 15.2. The van der Waals surface area contributed by atoms with E-state index in [-0.39, 0.29) is 29.7 Å². The molecule has 0 aliphatic carbocycles. The highest BCUT2D eigenvalue weighted by molar-refractivity contribution is 5.94. The van der Waals surface area contributed by atoms with E-state index in [1.807, 2.05) is 0 Å².